The number of hydrogen-bond acceptors (Lipinski definition) is 4. The van der Waals surface area contributed by atoms with Crippen LogP contribution in [0.25, 0.3) is 0 Å². The van der Waals surface area contributed by atoms with Crippen LogP contribution in [0.4, 0.5) is 5.69 Å². The molecule has 0 radical (unpaired) electrons. The molecule has 1 aromatic carbocycles. The first kappa shape index (κ1) is 15.3. The lowest BCUT2D eigenvalue weighted by Crippen LogP contribution is -2.44. The van der Waals surface area contributed by atoms with E-state index in [1.54, 1.807) is 7.11 Å². The number of ether oxygens (including phenoxy) is 1. The summed E-state index contributed by atoms with van der Waals surface area (Å²) in [6.45, 7) is 1.13. The summed E-state index contributed by atoms with van der Waals surface area (Å²) in [5.74, 6) is 1.81. The van der Waals surface area contributed by atoms with Crippen molar-refractivity contribution in [2.45, 2.75) is 43.9 Å². The van der Waals surface area contributed by atoms with Gasteiger partial charge in [-0.15, -0.1) is 0 Å². The van der Waals surface area contributed by atoms with Crippen molar-refractivity contribution in [3.8, 4) is 5.75 Å². The van der Waals surface area contributed by atoms with E-state index in [-0.39, 0.29) is 5.41 Å². The monoisotopic (exact) mass is 301 g/mol. The minimum absolute atomic E-state index is 0.0199. The molecular weight excluding hydrogens is 274 g/mol. The van der Waals surface area contributed by atoms with Crippen LogP contribution in [0, 0.1) is 0 Å². The van der Waals surface area contributed by atoms with Gasteiger partial charge in [-0.2, -0.15) is 0 Å². The molecule has 1 heterocycles. The molecule has 4 heteroatoms. The number of nitrogens with two attached hydrogens (primary N) is 1. The van der Waals surface area contributed by atoms with E-state index in [1.807, 2.05) is 0 Å². The molecule has 1 saturated carbocycles. The van der Waals surface area contributed by atoms with E-state index < -0.39 is 0 Å². The number of methoxy groups -OCH3 is 1. The minimum atomic E-state index is 0.0199. The molecule has 1 spiro atoms. The average molecular weight is 301 g/mol. The molecule has 0 unspecified atom stereocenters. The second-order valence-electron chi connectivity index (χ2n) is 6.87. The summed E-state index contributed by atoms with van der Waals surface area (Å²) in [7, 11) is 5.99. The smallest absolute Gasteiger partial charge is 0.122 e. The van der Waals surface area contributed by atoms with Gasteiger partial charge in [0.05, 0.1) is 18.2 Å². The second-order valence-corrected chi connectivity index (χ2v) is 6.87. The first-order valence-electron chi connectivity index (χ1n) is 8.27. The topological polar surface area (TPSA) is 50.8 Å². The number of aryl methyl sites for hydroxylation is 1. The first-order chi connectivity index (χ1) is 10.6. The van der Waals surface area contributed by atoms with Gasteiger partial charge >= 0.3 is 0 Å². The third-order valence-corrected chi connectivity index (χ3v) is 5.15. The van der Waals surface area contributed by atoms with Crippen LogP contribution in [0.2, 0.25) is 0 Å². The van der Waals surface area contributed by atoms with E-state index >= 15 is 0 Å². The van der Waals surface area contributed by atoms with Crippen LogP contribution in [-0.2, 0) is 11.8 Å². The largest absolute Gasteiger partial charge is 0.496 e. The van der Waals surface area contributed by atoms with Crippen LogP contribution < -0.4 is 10.5 Å². The van der Waals surface area contributed by atoms with Gasteiger partial charge in [0.15, 0.2) is 0 Å². The molecular formula is C18H27N3O. The number of nitrogens with zero attached hydrogens (tertiary/aromatic N) is 2. The van der Waals surface area contributed by atoms with Crippen molar-refractivity contribution in [3.63, 3.8) is 0 Å². The molecule has 1 aliphatic carbocycles. The Labute approximate surface area is 133 Å². The van der Waals surface area contributed by atoms with Crippen LogP contribution >= 0.6 is 0 Å². The van der Waals surface area contributed by atoms with Crippen molar-refractivity contribution >= 4 is 11.5 Å². The maximum atomic E-state index is 6.23. The molecule has 4 nitrogen and oxygen atoms in total. The Morgan fingerprint density at radius 3 is 2.64 bits per heavy atom. The van der Waals surface area contributed by atoms with Gasteiger partial charge in [0.1, 0.15) is 11.6 Å². The second kappa shape index (κ2) is 5.92. The molecule has 1 aliphatic heterocycles. The highest BCUT2D eigenvalue weighted by molar-refractivity contribution is 6.00. The third-order valence-electron chi connectivity index (χ3n) is 5.15. The van der Waals surface area contributed by atoms with E-state index in [0.29, 0.717) is 0 Å². The van der Waals surface area contributed by atoms with Crippen molar-refractivity contribution in [2.75, 3.05) is 27.7 Å². The molecule has 0 atom stereocenters. The molecule has 0 aromatic heterocycles. The lowest BCUT2D eigenvalue weighted by molar-refractivity contribution is 0.342. The lowest BCUT2D eigenvalue weighted by Gasteiger charge is -2.39. The Balaban J connectivity index is 1.79. The molecule has 3 rings (SSSR count). The van der Waals surface area contributed by atoms with Gasteiger partial charge in [0, 0.05) is 0 Å². The Bertz CT molecular complexity index is 588. The van der Waals surface area contributed by atoms with Crippen LogP contribution in [0.15, 0.2) is 17.1 Å². The van der Waals surface area contributed by atoms with Gasteiger partial charge in [-0.3, -0.25) is 0 Å². The molecule has 2 N–H and O–H groups in total. The summed E-state index contributed by atoms with van der Waals surface area (Å²) >= 11 is 0. The van der Waals surface area contributed by atoms with Crippen molar-refractivity contribution in [1.29, 1.82) is 0 Å². The van der Waals surface area contributed by atoms with E-state index in [9.17, 15) is 0 Å². The van der Waals surface area contributed by atoms with E-state index in [2.05, 4.69) is 36.1 Å². The maximum absolute atomic E-state index is 6.23. The quantitative estimate of drug-likeness (QED) is 0.822. The highest BCUT2D eigenvalue weighted by atomic mass is 16.5. The van der Waals surface area contributed by atoms with Crippen LogP contribution in [-0.4, -0.2) is 38.5 Å². The SMILES string of the molecule is COc1cc2c(cc1CCCCN(C)C)N=C(N)C21CCC1. The molecule has 0 amide bonds. The van der Waals surface area contributed by atoms with E-state index in [1.165, 1.54) is 24.0 Å². The molecule has 120 valence electrons. The van der Waals surface area contributed by atoms with E-state index in [0.717, 1.165) is 49.5 Å². The van der Waals surface area contributed by atoms with Gasteiger partial charge < -0.3 is 15.4 Å². The van der Waals surface area contributed by atoms with Crippen LogP contribution in [0.5, 0.6) is 5.75 Å². The number of aliphatic imine (C=N–C) groups is 1. The van der Waals surface area contributed by atoms with Crippen molar-refractivity contribution in [3.05, 3.63) is 23.3 Å². The number of unbranched alkanes of at least 4 members (excludes halogenated alkanes) is 1. The van der Waals surface area contributed by atoms with Crippen molar-refractivity contribution in [2.24, 2.45) is 10.7 Å². The fraction of sp³-hybridized carbons (Fsp3) is 0.611. The number of amidine groups is 1. The molecule has 0 saturated heterocycles. The Kier molecular flexibility index (Phi) is 4.13. The zero-order valence-corrected chi connectivity index (χ0v) is 14.0. The fourth-order valence-corrected chi connectivity index (χ4v) is 3.65. The third kappa shape index (κ3) is 2.50. The number of hydrogen-bond donors (Lipinski definition) is 1. The zero-order chi connectivity index (χ0) is 15.7. The fourth-order valence-electron chi connectivity index (χ4n) is 3.65. The molecule has 22 heavy (non-hydrogen) atoms. The summed E-state index contributed by atoms with van der Waals surface area (Å²) in [6.07, 6.45) is 6.89. The summed E-state index contributed by atoms with van der Waals surface area (Å²) in [6, 6.07) is 4.39. The lowest BCUT2D eigenvalue weighted by atomic mass is 9.64. The van der Waals surface area contributed by atoms with Crippen molar-refractivity contribution < 1.29 is 4.74 Å². The highest BCUT2D eigenvalue weighted by Crippen LogP contribution is 2.52. The Morgan fingerprint density at radius 2 is 2.05 bits per heavy atom. The van der Waals surface area contributed by atoms with Gasteiger partial charge in [-0.1, -0.05) is 6.42 Å². The summed E-state index contributed by atoms with van der Waals surface area (Å²) in [5, 5.41) is 0. The van der Waals surface area contributed by atoms with Gasteiger partial charge in [0.25, 0.3) is 0 Å². The number of benzene rings is 1. The van der Waals surface area contributed by atoms with Crippen LogP contribution in [0.3, 0.4) is 0 Å². The zero-order valence-electron chi connectivity index (χ0n) is 14.0. The maximum Gasteiger partial charge on any atom is 0.122 e. The predicted molar refractivity (Wildman–Crippen MR) is 91.3 cm³/mol. The van der Waals surface area contributed by atoms with Crippen LogP contribution in [0.1, 0.15) is 43.2 Å². The predicted octanol–water partition coefficient (Wildman–Crippen LogP) is 3.00. The molecule has 1 aromatic rings. The normalized spacial score (nSPS) is 18.3. The molecule has 0 bridgehead atoms. The molecule has 2 aliphatic rings. The number of fused-ring (bicyclic) bond motifs is 2. The standard InChI is InChI=1S/C18H27N3O/c1-21(2)10-5-4-7-13-11-15-14(12-16(13)22-3)18(8-6-9-18)17(19)20-15/h11-12H,4-10H2,1-3H3,(H2,19,20). The number of rotatable bonds is 6. The minimum Gasteiger partial charge on any atom is -0.496 e. The first-order valence-corrected chi connectivity index (χ1v) is 8.27. The average Bonchev–Trinajstić information content (AvgIpc) is 2.73. The van der Waals surface area contributed by atoms with Crippen molar-refractivity contribution in [1.82, 2.24) is 4.90 Å². The summed E-state index contributed by atoms with van der Waals surface area (Å²) < 4.78 is 5.64. The summed E-state index contributed by atoms with van der Waals surface area (Å²) in [5.41, 5.74) is 9.86. The highest BCUT2D eigenvalue weighted by Gasteiger charge is 2.47. The molecule has 1 fully saturated rings. The summed E-state index contributed by atoms with van der Waals surface area (Å²) in [4.78, 5) is 6.88. The van der Waals surface area contributed by atoms with Gasteiger partial charge in [-0.05, 0) is 76.0 Å². The Hall–Kier alpha value is -1.55. The Morgan fingerprint density at radius 1 is 1.27 bits per heavy atom. The van der Waals surface area contributed by atoms with E-state index in [4.69, 9.17) is 10.5 Å². The van der Waals surface area contributed by atoms with Gasteiger partial charge in [-0.25, -0.2) is 4.99 Å². The van der Waals surface area contributed by atoms with Gasteiger partial charge in [0.2, 0.25) is 0 Å².